The third-order valence-corrected chi connectivity index (χ3v) is 5.94. The lowest BCUT2D eigenvalue weighted by molar-refractivity contribution is -0.121. The van der Waals surface area contributed by atoms with Crippen LogP contribution < -0.4 is 15.8 Å². The lowest BCUT2D eigenvalue weighted by Crippen LogP contribution is -2.41. The van der Waals surface area contributed by atoms with Crippen LogP contribution in [0, 0.1) is 11.3 Å². The van der Waals surface area contributed by atoms with E-state index in [0.717, 1.165) is 11.1 Å². The lowest BCUT2D eigenvalue weighted by atomic mass is 9.96. The van der Waals surface area contributed by atoms with Gasteiger partial charge in [0.25, 0.3) is 5.56 Å². The number of amides is 2. The van der Waals surface area contributed by atoms with Crippen LogP contribution >= 0.6 is 0 Å². The molecule has 2 N–H and O–H groups in total. The topological polar surface area (TPSA) is 133 Å². The molecule has 0 bridgehead atoms. The molecule has 0 spiro atoms. The Labute approximate surface area is 189 Å². The van der Waals surface area contributed by atoms with Gasteiger partial charge in [-0.3, -0.25) is 14.5 Å². The number of anilines is 1. The third kappa shape index (κ3) is 4.30. The first kappa shape index (κ1) is 22.1. The Morgan fingerprint density at radius 2 is 2.12 bits per heavy atom. The molecule has 2 aromatic heterocycles. The summed E-state index contributed by atoms with van der Waals surface area (Å²) < 4.78 is 3.35. The summed E-state index contributed by atoms with van der Waals surface area (Å²) in [5.41, 5.74) is 2.70. The van der Waals surface area contributed by atoms with E-state index >= 15 is 0 Å². The molecular formula is C23H24N6O4. The number of pyridine rings is 1. The standard InChI is InChI=1S/C23H24N6O4/c1-15-5-6-16-17(29(15)23(32)33)7-8-18-22(16)26-19(28(18)14-20(30)25-11-10-24)9-13-27-12-3-2-4-21(27)31/h2-4,7-8,12,15H,5-6,9,11,13-14H2,1H3,(H,25,30)(H,32,33)/t15-/m0/s1. The van der Waals surface area contributed by atoms with Crippen LogP contribution in [0.1, 0.15) is 24.7 Å². The van der Waals surface area contributed by atoms with Gasteiger partial charge in [0.15, 0.2) is 0 Å². The molecule has 3 aromatic rings. The van der Waals surface area contributed by atoms with Gasteiger partial charge in [-0.2, -0.15) is 5.26 Å². The molecule has 0 saturated carbocycles. The van der Waals surface area contributed by atoms with Gasteiger partial charge in [0.1, 0.15) is 18.9 Å². The Morgan fingerprint density at radius 1 is 1.30 bits per heavy atom. The largest absolute Gasteiger partial charge is 0.465 e. The van der Waals surface area contributed by atoms with Crippen molar-refractivity contribution in [1.29, 1.82) is 5.26 Å². The average Bonchev–Trinajstić information content (AvgIpc) is 3.14. The van der Waals surface area contributed by atoms with Crippen LogP contribution in [-0.2, 0) is 30.7 Å². The van der Waals surface area contributed by atoms with Gasteiger partial charge in [-0.1, -0.05) is 6.07 Å². The van der Waals surface area contributed by atoms with Crippen LogP contribution in [0.2, 0.25) is 0 Å². The van der Waals surface area contributed by atoms with Gasteiger partial charge in [0.2, 0.25) is 5.91 Å². The van der Waals surface area contributed by atoms with Crippen LogP contribution in [0.25, 0.3) is 11.0 Å². The van der Waals surface area contributed by atoms with Crippen LogP contribution in [0.4, 0.5) is 10.5 Å². The normalized spacial score (nSPS) is 15.2. The number of nitriles is 1. The molecule has 3 heterocycles. The first-order valence-corrected chi connectivity index (χ1v) is 10.7. The number of nitrogens with zero attached hydrogens (tertiary/aromatic N) is 5. The van der Waals surface area contributed by atoms with E-state index in [1.54, 1.807) is 39.6 Å². The number of fused-ring (bicyclic) bond motifs is 3. The Kier molecular flexibility index (Phi) is 6.13. The predicted octanol–water partition coefficient (Wildman–Crippen LogP) is 1.90. The quantitative estimate of drug-likeness (QED) is 0.554. The highest BCUT2D eigenvalue weighted by Gasteiger charge is 2.30. The number of rotatable bonds is 6. The van der Waals surface area contributed by atoms with Crippen molar-refractivity contribution in [2.45, 2.75) is 45.3 Å². The van der Waals surface area contributed by atoms with Crippen molar-refractivity contribution in [1.82, 2.24) is 19.4 Å². The number of imidazole rings is 1. The zero-order chi connectivity index (χ0) is 23.5. The van der Waals surface area contributed by atoms with E-state index in [0.29, 0.717) is 42.8 Å². The smallest absolute Gasteiger partial charge is 0.412 e. The molecule has 1 aliphatic heterocycles. The van der Waals surface area contributed by atoms with E-state index in [-0.39, 0.29) is 30.6 Å². The van der Waals surface area contributed by atoms with E-state index < -0.39 is 6.09 Å². The number of benzene rings is 1. The van der Waals surface area contributed by atoms with E-state index in [9.17, 15) is 19.5 Å². The molecule has 4 rings (SSSR count). The third-order valence-electron chi connectivity index (χ3n) is 5.94. The summed E-state index contributed by atoms with van der Waals surface area (Å²) in [6.07, 6.45) is 2.43. The van der Waals surface area contributed by atoms with Gasteiger partial charge in [0, 0.05) is 36.8 Å². The molecule has 170 valence electrons. The van der Waals surface area contributed by atoms with E-state index in [1.165, 1.54) is 11.0 Å². The molecule has 1 aromatic carbocycles. The number of aryl methyl sites for hydroxylation is 3. The summed E-state index contributed by atoms with van der Waals surface area (Å²) in [5, 5.41) is 21.0. The van der Waals surface area contributed by atoms with Gasteiger partial charge in [-0.15, -0.1) is 0 Å². The molecule has 33 heavy (non-hydrogen) atoms. The summed E-state index contributed by atoms with van der Waals surface area (Å²) in [4.78, 5) is 42.5. The zero-order valence-electron chi connectivity index (χ0n) is 18.2. The summed E-state index contributed by atoms with van der Waals surface area (Å²) in [6, 6.07) is 10.2. The monoisotopic (exact) mass is 448 g/mol. The fraction of sp³-hybridized carbons (Fsp3) is 0.348. The maximum absolute atomic E-state index is 12.4. The molecule has 2 amide bonds. The van der Waals surface area contributed by atoms with Gasteiger partial charge in [-0.25, -0.2) is 9.78 Å². The maximum Gasteiger partial charge on any atom is 0.412 e. The minimum Gasteiger partial charge on any atom is -0.465 e. The number of aromatic nitrogens is 3. The molecule has 10 nitrogen and oxygen atoms in total. The van der Waals surface area contributed by atoms with Crippen molar-refractivity contribution < 1.29 is 14.7 Å². The second-order valence-electron chi connectivity index (χ2n) is 8.00. The SMILES string of the molecule is C[C@H]1CCc2c(ccc3c2nc(CCn2ccccc2=O)n3CC(=O)NCC#N)N1C(=O)O. The molecule has 0 aliphatic carbocycles. The Bertz CT molecular complexity index is 1320. The Balaban J connectivity index is 1.77. The van der Waals surface area contributed by atoms with Crippen molar-refractivity contribution in [2.75, 3.05) is 11.4 Å². The second kappa shape index (κ2) is 9.16. The molecule has 1 aliphatic rings. The molecule has 0 fully saturated rings. The Hall–Kier alpha value is -4.13. The lowest BCUT2D eigenvalue weighted by Gasteiger charge is -2.33. The van der Waals surface area contributed by atoms with E-state index in [1.807, 2.05) is 13.0 Å². The summed E-state index contributed by atoms with van der Waals surface area (Å²) >= 11 is 0. The van der Waals surface area contributed by atoms with E-state index in [2.05, 4.69) is 5.32 Å². The van der Waals surface area contributed by atoms with Crippen molar-refractivity contribution in [3.05, 3.63) is 58.3 Å². The van der Waals surface area contributed by atoms with Crippen molar-refractivity contribution in [3.63, 3.8) is 0 Å². The number of carbonyl (C=O) groups excluding carboxylic acids is 1. The minimum absolute atomic E-state index is 0.0327. The van der Waals surface area contributed by atoms with Crippen molar-refractivity contribution in [2.24, 2.45) is 0 Å². The molecule has 0 unspecified atom stereocenters. The molecule has 1 atom stereocenters. The highest BCUT2D eigenvalue weighted by Crippen LogP contribution is 2.36. The molecule has 10 heteroatoms. The van der Waals surface area contributed by atoms with Crippen molar-refractivity contribution >= 4 is 28.7 Å². The number of hydrogen-bond acceptors (Lipinski definition) is 5. The first-order valence-electron chi connectivity index (χ1n) is 10.7. The second-order valence-corrected chi connectivity index (χ2v) is 8.00. The average molecular weight is 448 g/mol. The number of hydrogen-bond donors (Lipinski definition) is 2. The molecule has 0 radical (unpaired) electrons. The van der Waals surface area contributed by atoms with Gasteiger partial charge in [-0.05, 0) is 38.0 Å². The molecule has 0 saturated heterocycles. The van der Waals surface area contributed by atoms with Crippen molar-refractivity contribution in [3.8, 4) is 6.07 Å². The summed E-state index contributed by atoms with van der Waals surface area (Å²) in [5.74, 6) is 0.286. The van der Waals surface area contributed by atoms with Crippen LogP contribution in [0.3, 0.4) is 0 Å². The fourth-order valence-corrected chi connectivity index (χ4v) is 4.34. The Morgan fingerprint density at radius 3 is 2.85 bits per heavy atom. The van der Waals surface area contributed by atoms with Crippen LogP contribution in [-0.4, -0.2) is 43.8 Å². The number of nitrogens with one attached hydrogen (secondary N) is 1. The van der Waals surface area contributed by atoms with E-state index in [4.69, 9.17) is 10.2 Å². The molecular weight excluding hydrogens is 424 g/mol. The highest BCUT2D eigenvalue weighted by molar-refractivity contribution is 5.95. The predicted molar refractivity (Wildman–Crippen MR) is 121 cm³/mol. The minimum atomic E-state index is -1.01. The van der Waals surface area contributed by atoms with Gasteiger partial charge in [0.05, 0.1) is 22.8 Å². The van der Waals surface area contributed by atoms with Gasteiger partial charge >= 0.3 is 6.09 Å². The first-order chi connectivity index (χ1) is 15.9. The zero-order valence-corrected chi connectivity index (χ0v) is 18.2. The fourth-order valence-electron chi connectivity index (χ4n) is 4.34. The summed E-state index contributed by atoms with van der Waals surface area (Å²) in [6.45, 7) is 2.13. The summed E-state index contributed by atoms with van der Waals surface area (Å²) in [7, 11) is 0. The number of carboxylic acid groups (broad SMARTS) is 1. The van der Waals surface area contributed by atoms with Crippen LogP contribution in [0.15, 0.2) is 41.3 Å². The van der Waals surface area contributed by atoms with Crippen LogP contribution in [0.5, 0.6) is 0 Å². The van der Waals surface area contributed by atoms with Gasteiger partial charge < -0.3 is 19.6 Å². The maximum atomic E-state index is 12.4. The highest BCUT2D eigenvalue weighted by atomic mass is 16.4. The number of carbonyl (C=O) groups is 2.